The molecule has 0 saturated carbocycles. The number of carbonyl (C=O) groups is 1. The first-order valence-electron chi connectivity index (χ1n) is 7.21. The van der Waals surface area contributed by atoms with E-state index in [-0.39, 0.29) is 18.0 Å². The van der Waals surface area contributed by atoms with Crippen molar-refractivity contribution >= 4 is 22.6 Å². The summed E-state index contributed by atoms with van der Waals surface area (Å²) >= 11 is 0. The zero-order valence-corrected chi connectivity index (χ0v) is 12.9. The second-order valence-corrected chi connectivity index (χ2v) is 5.26. The first-order chi connectivity index (χ1) is 11.6. The van der Waals surface area contributed by atoms with Gasteiger partial charge in [0, 0.05) is 12.7 Å². The third-order valence-corrected chi connectivity index (χ3v) is 3.55. The van der Waals surface area contributed by atoms with E-state index >= 15 is 0 Å². The first kappa shape index (κ1) is 15.4. The van der Waals surface area contributed by atoms with Crippen LogP contribution in [0.25, 0.3) is 11.0 Å². The minimum atomic E-state index is -0.338. The fourth-order valence-electron chi connectivity index (χ4n) is 2.33. The molecule has 0 atom stereocenters. The molecular formula is C16H14N6O2. The lowest BCUT2D eigenvalue weighted by Crippen LogP contribution is -2.27. The van der Waals surface area contributed by atoms with Crippen LogP contribution in [0.3, 0.4) is 0 Å². The predicted molar refractivity (Wildman–Crippen MR) is 87.2 cm³/mol. The van der Waals surface area contributed by atoms with Gasteiger partial charge in [0.25, 0.3) is 5.56 Å². The van der Waals surface area contributed by atoms with Gasteiger partial charge in [0.05, 0.1) is 18.7 Å². The van der Waals surface area contributed by atoms with Crippen LogP contribution in [-0.2, 0) is 24.8 Å². The molecule has 2 heterocycles. The first-order valence-corrected chi connectivity index (χ1v) is 7.21. The molecule has 0 aliphatic carbocycles. The van der Waals surface area contributed by atoms with Gasteiger partial charge in [-0.05, 0) is 17.7 Å². The molecule has 120 valence electrons. The molecule has 24 heavy (non-hydrogen) atoms. The standard InChI is InChI=1S/C16H14N6O2/c1-21-15-13(8-19-21)16(24)22(10-18-15)9-14(23)20-12-4-2-11(3-5-12)6-7-17/h2-5,8,10H,6,9H2,1H3,(H,20,23). The van der Waals surface area contributed by atoms with Gasteiger partial charge in [0.15, 0.2) is 5.65 Å². The smallest absolute Gasteiger partial charge is 0.264 e. The molecule has 8 heteroatoms. The number of nitrogens with one attached hydrogen (secondary N) is 1. The van der Waals surface area contributed by atoms with Gasteiger partial charge in [0.1, 0.15) is 18.3 Å². The molecule has 0 saturated heterocycles. The molecule has 0 aliphatic rings. The Kier molecular flexibility index (Phi) is 4.07. The average Bonchev–Trinajstić information content (AvgIpc) is 2.94. The van der Waals surface area contributed by atoms with Crippen molar-refractivity contribution in [3.8, 4) is 6.07 Å². The van der Waals surface area contributed by atoms with Gasteiger partial charge in [-0.1, -0.05) is 12.1 Å². The van der Waals surface area contributed by atoms with E-state index in [2.05, 4.69) is 21.5 Å². The fourth-order valence-corrected chi connectivity index (χ4v) is 2.33. The minimum Gasteiger partial charge on any atom is -0.325 e. The summed E-state index contributed by atoms with van der Waals surface area (Å²) in [6.45, 7) is -0.142. The molecule has 0 spiro atoms. The number of aromatic nitrogens is 4. The van der Waals surface area contributed by atoms with E-state index in [0.717, 1.165) is 5.56 Å². The van der Waals surface area contributed by atoms with Crippen molar-refractivity contribution < 1.29 is 4.79 Å². The third kappa shape index (κ3) is 3.01. The van der Waals surface area contributed by atoms with E-state index < -0.39 is 0 Å². The van der Waals surface area contributed by atoms with Gasteiger partial charge < -0.3 is 5.32 Å². The number of benzene rings is 1. The lowest BCUT2D eigenvalue weighted by Gasteiger charge is -2.07. The van der Waals surface area contributed by atoms with Gasteiger partial charge in [0.2, 0.25) is 5.91 Å². The number of amides is 1. The van der Waals surface area contributed by atoms with Gasteiger partial charge in [-0.15, -0.1) is 0 Å². The molecule has 0 bridgehead atoms. The van der Waals surface area contributed by atoms with E-state index in [1.807, 2.05) is 0 Å². The van der Waals surface area contributed by atoms with Crippen LogP contribution < -0.4 is 10.9 Å². The van der Waals surface area contributed by atoms with E-state index in [1.54, 1.807) is 31.3 Å². The zero-order chi connectivity index (χ0) is 17.1. The van der Waals surface area contributed by atoms with Crippen molar-refractivity contribution in [3.63, 3.8) is 0 Å². The highest BCUT2D eigenvalue weighted by molar-refractivity contribution is 5.90. The molecule has 2 aromatic heterocycles. The lowest BCUT2D eigenvalue weighted by atomic mass is 10.1. The maximum atomic E-state index is 12.3. The topological polar surface area (TPSA) is 106 Å². The lowest BCUT2D eigenvalue weighted by molar-refractivity contribution is -0.116. The molecule has 0 unspecified atom stereocenters. The van der Waals surface area contributed by atoms with E-state index in [1.165, 1.54) is 21.8 Å². The number of carbonyl (C=O) groups excluding carboxylic acids is 1. The molecule has 0 radical (unpaired) electrons. The van der Waals surface area contributed by atoms with Crippen molar-refractivity contribution in [2.24, 2.45) is 7.05 Å². The zero-order valence-electron chi connectivity index (χ0n) is 12.9. The maximum Gasteiger partial charge on any atom is 0.264 e. The van der Waals surface area contributed by atoms with Crippen LogP contribution in [0.1, 0.15) is 5.56 Å². The summed E-state index contributed by atoms with van der Waals surface area (Å²) in [5.41, 5.74) is 1.64. The number of hydrogen-bond donors (Lipinski definition) is 1. The van der Waals surface area contributed by atoms with Crippen molar-refractivity contribution in [2.45, 2.75) is 13.0 Å². The molecule has 1 N–H and O–H groups in total. The van der Waals surface area contributed by atoms with E-state index in [4.69, 9.17) is 5.26 Å². The van der Waals surface area contributed by atoms with E-state index in [9.17, 15) is 9.59 Å². The minimum absolute atomic E-state index is 0.142. The number of anilines is 1. The van der Waals surface area contributed by atoms with Gasteiger partial charge >= 0.3 is 0 Å². The van der Waals surface area contributed by atoms with Crippen LogP contribution >= 0.6 is 0 Å². The number of nitriles is 1. The monoisotopic (exact) mass is 322 g/mol. The Morgan fingerprint density at radius 3 is 2.79 bits per heavy atom. The predicted octanol–water partition coefficient (Wildman–Crippen LogP) is 0.835. The number of rotatable bonds is 4. The third-order valence-electron chi connectivity index (χ3n) is 3.55. The molecular weight excluding hydrogens is 308 g/mol. The van der Waals surface area contributed by atoms with Crippen LogP contribution in [0, 0.1) is 11.3 Å². The van der Waals surface area contributed by atoms with Gasteiger partial charge in [-0.25, -0.2) is 4.98 Å². The van der Waals surface area contributed by atoms with Crippen LogP contribution in [0.4, 0.5) is 5.69 Å². The molecule has 8 nitrogen and oxygen atoms in total. The SMILES string of the molecule is Cn1ncc2c(=O)n(CC(=O)Nc3ccc(CC#N)cc3)cnc21. The molecule has 1 aromatic carbocycles. The van der Waals surface area contributed by atoms with Crippen LogP contribution in [0.5, 0.6) is 0 Å². The highest BCUT2D eigenvalue weighted by Gasteiger charge is 2.11. The Morgan fingerprint density at radius 2 is 2.08 bits per heavy atom. The summed E-state index contributed by atoms with van der Waals surface area (Å²) in [6.07, 6.45) is 3.09. The van der Waals surface area contributed by atoms with Crippen LogP contribution in [0.2, 0.25) is 0 Å². The number of hydrogen-bond acceptors (Lipinski definition) is 5. The van der Waals surface area contributed by atoms with E-state index in [0.29, 0.717) is 23.1 Å². The summed E-state index contributed by atoms with van der Waals surface area (Å²) in [6, 6.07) is 9.04. The molecule has 0 fully saturated rings. The average molecular weight is 322 g/mol. The summed E-state index contributed by atoms with van der Waals surface area (Å²) in [5, 5.41) is 15.7. The molecule has 3 aromatic rings. The Balaban J connectivity index is 1.74. The maximum absolute atomic E-state index is 12.3. The van der Waals surface area contributed by atoms with Gasteiger partial charge in [-0.3, -0.25) is 18.8 Å². The molecule has 3 rings (SSSR count). The van der Waals surface area contributed by atoms with Crippen molar-refractivity contribution in [2.75, 3.05) is 5.32 Å². The number of fused-ring (bicyclic) bond motifs is 1. The normalized spacial score (nSPS) is 10.5. The second kappa shape index (κ2) is 6.34. The molecule has 1 amide bonds. The summed E-state index contributed by atoms with van der Waals surface area (Å²) in [4.78, 5) is 28.6. The quantitative estimate of drug-likeness (QED) is 0.766. The highest BCUT2D eigenvalue weighted by Crippen LogP contribution is 2.10. The second-order valence-electron chi connectivity index (χ2n) is 5.26. The Hall–Kier alpha value is -3.47. The molecule has 0 aliphatic heterocycles. The largest absolute Gasteiger partial charge is 0.325 e. The van der Waals surface area contributed by atoms with Crippen molar-refractivity contribution in [1.29, 1.82) is 5.26 Å². The number of nitrogens with zero attached hydrogens (tertiary/aromatic N) is 5. The van der Waals surface area contributed by atoms with Crippen LogP contribution in [0.15, 0.2) is 41.6 Å². The van der Waals surface area contributed by atoms with Crippen LogP contribution in [-0.4, -0.2) is 25.2 Å². The summed E-state index contributed by atoms with van der Waals surface area (Å²) in [7, 11) is 1.70. The summed E-state index contributed by atoms with van der Waals surface area (Å²) in [5.74, 6) is -0.338. The highest BCUT2D eigenvalue weighted by atomic mass is 16.2. The fraction of sp³-hybridized carbons (Fsp3) is 0.188. The van der Waals surface area contributed by atoms with Crippen molar-refractivity contribution in [1.82, 2.24) is 19.3 Å². The Labute approximate surface area is 137 Å². The van der Waals surface area contributed by atoms with Gasteiger partial charge in [-0.2, -0.15) is 10.4 Å². The number of aryl methyl sites for hydroxylation is 1. The van der Waals surface area contributed by atoms with Crippen molar-refractivity contribution in [3.05, 3.63) is 52.7 Å². The summed E-state index contributed by atoms with van der Waals surface area (Å²) < 4.78 is 2.74. The Morgan fingerprint density at radius 1 is 1.33 bits per heavy atom. The Bertz CT molecular complexity index is 994.